The second kappa shape index (κ2) is 8.25. The minimum atomic E-state index is -4.52. The summed E-state index contributed by atoms with van der Waals surface area (Å²) in [4.78, 5) is 17.7. The van der Waals surface area contributed by atoms with Crippen LogP contribution in [0.2, 0.25) is 0 Å². The first-order chi connectivity index (χ1) is 13.6. The molecule has 1 aliphatic rings. The Labute approximate surface area is 167 Å². The smallest absolute Gasteiger partial charge is 0.335 e. The van der Waals surface area contributed by atoms with Gasteiger partial charge in [0.25, 0.3) is 0 Å². The molecule has 3 rings (SSSR count). The number of pyridine rings is 1. The summed E-state index contributed by atoms with van der Waals surface area (Å²) in [7, 11) is 0. The molecule has 1 aromatic carbocycles. The van der Waals surface area contributed by atoms with Crippen LogP contribution in [0.5, 0.6) is 0 Å². The first-order valence-corrected chi connectivity index (χ1v) is 9.65. The van der Waals surface area contributed by atoms with Crippen LogP contribution in [-0.4, -0.2) is 27.6 Å². The SMILES string of the molecule is O=C(CSc1ccc(C(F)(F)F)cn1)N(Cc1ccccc1C(F)(F)F)C1CC1. The Morgan fingerprint density at radius 2 is 1.72 bits per heavy atom. The van der Waals surface area contributed by atoms with E-state index < -0.39 is 23.5 Å². The number of hydrogen-bond donors (Lipinski definition) is 0. The largest absolute Gasteiger partial charge is 0.417 e. The van der Waals surface area contributed by atoms with E-state index in [2.05, 4.69) is 4.98 Å². The van der Waals surface area contributed by atoms with Crippen LogP contribution < -0.4 is 0 Å². The van der Waals surface area contributed by atoms with Gasteiger partial charge in [0.05, 0.1) is 21.9 Å². The van der Waals surface area contributed by atoms with Gasteiger partial charge in [0, 0.05) is 18.8 Å². The fourth-order valence-corrected chi connectivity index (χ4v) is 3.51. The predicted octanol–water partition coefficient (Wildman–Crippen LogP) is 5.40. The van der Waals surface area contributed by atoms with Crippen molar-refractivity contribution in [3.05, 3.63) is 59.3 Å². The van der Waals surface area contributed by atoms with Crippen LogP contribution in [0.1, 0.15) is 29.5 Å². The minimum absolute atomic E-state index is 0.0119. The van der Waals surface area contributed by atoms with E-state index in [1.54, 1.807) is 0 Å². The maximum absolute atomic E-state index is 13.2. The van der Waals surface area contributed by atoms with Gasteiger partial charge in [-0.1, -0.05) is 30.0 Å². The van der Waals surface area contributed by atoms with Crippen LogP contribution in [0.4, 0.5) is 26.3 Å². The highest BCUT2D eigenvalue weighted by Crippen LogP contribution is 2.35. The third kappa shape index (κ3) is 5.65. The second-order valence-electron chi connectivity index (χ2n) is 6.58. The van der Waals surface area contributed by atoms with Crippen LogP contribution in [0.15, 0.2) is 47.6 Å². The number of rotatable bonds is 6. The van der Waals surface area contributed by atoms with E-state index in [1.165, 1.54) is 29.2 Å². The molecule has 1 heterocycles. The van der Waals surface area contributed by atoms with Crippen LogP contribution in [-0.2, 0) is 23.7 Å². The highest BCUT2D eigenvalue weighted by atomic mass is 32.2. The average Bonchev–Trinajstić information content (AvgIpc) is 3.48. The van der Waals surface area contributed by atoms with Gasteiger partial charge in [0.1, 0.15) is 0 Å². The first kappa shape index (κ1) is 21.5. The summed E-state index contributed by atoms with van der Waals surface area (Å²) in [5, 5.41) is 0.234. The molecule has 1 amide bonds. The molecule has 0 unspecified atom stereocenters. The zero-order chi connectivity index (χ0) is 21.2. The molecule has 0 atom stereocenters. The Morgan fingerprint density at radius 1 is 1.03 bits per heavy atom. The molecule has 1 aliphatic carbocycles. The Hall–Kier alpha value is -2.23. The van der Waals surface area contributed by atoms with E-state index in [0.29, 0.717) is 19.0 Å². The van der Waals surface area contributed by atoms with Gasteiger partial charge in [0.15, 0.2) is 0 Å². The number of carbonyl (C=O) groups is 1. The Bertz CT molecular complexity index is 862. The van der Waals surface area contributed by atoms with E-state index >= 15 is 0 Å². The van der Waals surface area contributed by atoms with E-state index in [1.807, 2.05) is 0 Å². The highest BCUT2D eigenvalue weighted by molar-refractivity contribution is 7.99. The summed E-state index contributed by atoms with van der Waals surface area (Å²) in [5.74, 6) is -0.501. The molecule has 1 saturated carbocycles. The van der Waals surface area contributed by atoms with Gasteiger partial charge in [-0.05, 0) is 36.6 Å². The number of nitrogens with zero attached hydrogens (tertiary/aromatic N) is 2. The van der Waals surface area contributed by atoms with E-state index in [0.717, 1.165) is 23.9 Å². The zero-order valence-corrected chi connectivity index (χ0v) is 15.7. The number of aromatic nitrogens is 1. The van der Waals surface area contributed by atoms with Gasteiger partial charge >= 0.3 is 12.4 Å². The van der Waals surface area contributed by atoms with Crippen LogP contribution in [0.3, 0.4) is 0 Å². The number of amides is 1. The van der Waals surface area contributed by atoms with Crippen LogP contribution in [0.25, 0.3) is 0 Å². The lowest BCUT2D eigenvalue weighted by atomic mass is 10.1. The number of halogens is 6. The lowest BCUT2D eigenvalue weighted by Crippen LogP contribution is -2.34. The number of benzene rings is 1. The molecule has 156 valence electrons. The van der Waals surface area contributed by atoms with E-state index in [-0.39, 0.29) is 34.8 Å². The van der Waals surface area contributed by atoms with E-state index in [4.69, 9.17) is 0 Å². The molecule has 10 heteroatoms. The van der Waals surface area contributed by atoms with Crippen molar-refractivity contribution in [1.82, 2.24) is 9.88 Å². The fraction of sp³-hybridized carbons (Fsp3) is 0.368. The maximum atomic E-state index is 13.2. The van der Waals surface area contributed by atoms with Gasteiger partial charge in [-0.25, -0.2) is 4.98 Å². The summed E-state index contributed by atoms with van der Waals surface area (Å²) in [6.45, 7) is -0.166. The molecule has 0 radical (unpaired) electrons. The molecular weight excluding hydrogens is 418 g/mol. The topological polar surface area (TPSA) is 33.2 Å². The summed E-state index contributed by atoms with van der Waals surface area (Å²) in [6.07, 6.45) is -6.91. The van der Waals surface area contributed by atoms with Crippen molar-refractivity contribution in [2.75, 3.05) is 5.75 Å². The highest BCUT2D eigenvalue weighted by Gasteiger charge is 2.37. The number of hydrogen-bond acceptors (Lipinski definition) is 3. The van der Waals surface area contributed by atoms with Gasteiger partial charge in [-0.2, -0.15) is 26.3 Å². The molecular formula is C19H16F6N2OS. The normalized spacial score (nSPS) is 14.7. The van der Waals surface area contributed by atoms with E-state index in [9.17, 15) is 31.1 Å². The van der Waals surface area contributed by atoms with Gasteiger partial charge < -0.3 is 4.90 Å². The molecule has 0 bridgehead atoms. The molecule has 0 spiro atoms. The number of carbonyl (C=O) groups excluding carboxylic acids is 1. The molecule has 2 aromatic rings. The fourth-order valence-electron chi connectivity index (χ4n) is 2.78. The van der Waals surface area contributed by atoms with Crippen molar-refractivity contribution in [3.63, 3.8) is 0 Å². The quantitative estimate of drug-likeness (QED) is 0.451. The van der Waals surface area contributed by atoms with Crippen molar-refractivity contribution in [2.24, 2.45) is 0 Å². The molecule has 0 aliphatic heterocycles. The number of alkyl halides is 6. The van der Waals surface area contributed by atoms with Gasteiger partial charge in [-0.3, -0.25) is 4.79 Å². The molecule has 0 saturated heterocycles. The maximum Gasteiger partial charge on any atom is 0.417 e. The molecule has 1 fully saturated rings. The Kier molecular flexibility index (Phi) is 6.11. The van der Waals surface area contributed by atoms with Crippen molar-refractivity contribution in [3.8, 4) is 0 Å². The lowest BCUT2D eigenvalue weighted by Gasteiger charge is -2.24. The minimum Gasteiger partial charge on any atom is -0.335 e. The van der Waals surface area contributed by atoms with Crippen LogP contribution in [0, 0.1) is 0 Å². The second-order valence-corrected chi connectivity index (χ2v) is 7.57. The summed E-state index contributed by atoms with van der Waals surface area (Å²) in [6, 6.07) is 7.02. The van der Waals surface area contributed by atoms with Crippen molar-refractivity contribution < 1.29 is 31.1 Å². The van der Waals surface area contributed by atoms with Crippen molar-refractivity contribution >= 4 is 17.7 Å². The first-order valence-electron chi connectivity index (χ1n) is 8.66. The molecule has 29 heavy (non-hydrogen) atoms. The Morgan fingerprint density at radius 3 is 2.28 bits per heavy atom. The van der Waals surface area contributed by atoms with Gasteiger partial charge in [0.2, 0.25) is 5.91 Å². The van der Waals surface area contributed by atoms with Gasteiger partial charge in [-0.15, -0.1) is 0 Å². The lowest BCUT2D eigenvalue weighted by molar-refractivity contribution is -0.139. The summed E-state index contributed by atoms with van der Waals surface area (Å²) >= 11 is 0.950. The standard InChI is InChI=1S/C19H16F6N2OS/c20-18(21,22)13-5-8-16(26-9-13)29-11-17(28)27(14-6-7-14)10-12-3-1-2-4-15(12)19(23,24)25/h1-5,8-9,14H,6-7,10-11H2. The molecule has 0 N–H and O–H groups in total. The van der Waals surface area contributed by atoms with Crippen LogP contribution >= 0.6 is 11.8 Å². The van der Waals surface area contributed by atoms with Crippen molar-refractivity contribution in [2.45, 2.75) is 42.8 Å². The molecule has 3 nitrogen and oxygen atoms in total. The third-order valence-electron chi connectivity index (χ3n) is 4.38. The summed E-state index contributed by atoms with van der Waals surface area (Å²) in [5.41, 5.74) is -1.66. The zero-order valence-electron chi connectivity index (χ0n) is 14.9. The van der Waals surface area contributed by atoms with Crippen molar-refractivity contribution in [1.29, 1.82) is 0 Å². The number of thioether (sulfide) groups is 1. The molecule has 1 aromatic heterocycles. The summed E-state index contributed by atoms with van der Waals surface area (Å²) < 4.78 is 77.3. The Balaban J connectivity index is 1.67. The monoisotopic (exact) mass is 434 g/mol. The third-order valence-corrected chi connectivity index (χ3v) is 5.31. The average molecular weight is 434 g/mol. The predicted molar refractivity (Wildman–Crippen MR) is 95.0 cm³/mol.